The van der Waals surface area contributed by atoms with Gasteiger partial charge in [-0.15, -0.1) is 0 Å². The Morgan fingerprint density at radius 2 is 1.78 bits per heavy atom. The summed E-state index contributed by atoms with van der Waals surface area (Å²) in [5.74, 6) is -0.930. The van der Waals surface area contributed by atoms with Gasteiger partial charge in [0.1, 0.15) is 18.1 Å². The maximum atomic E-state index is 13.5. The van der Waals surface area contributed by atoms with Crippen LogP contribution in [0.4, 0.5) is 10.1 Å². The molecular weight excluding hydrogens is 397 g/mol. The standard InChI is InChI=1S/C18H19ClFNO5S/c1-3-25-14-6-8-15(9-7-14)27(23,24)21(12-18(22)26-4-2)13-5-10-17(20)16(19)11-13/h5-11H,3-4,12H2,1-2H3. The number of rotatable bonds is 8. The number of anilines is 1. The van der Waals surface area contributed by atoms with Crippen LogP contribution >= 0.6 is 11.6 Å². The molecule has 0 saturated heterocycles. The summed E-state index contributed by atoms with van der Waals surface area (Å²) >= 11 is 5.78. The molecule has 27 heavy (non-hydrogen) atoms. The molecule has 146 valence electrons. The smallest absolute Gasteiger partial charge is 0.326 e. The Bertz CT molecular complexity index is 902. The summed E-state index contributed by atoms with van der Waals surface area (Å²) in [7, 11) is -4.13. The first kappa shape index (κ1) is 21.0. The van der Waals surface area contributed by atoms with Crippen molar-refractivity contribution in [1.29, 1.82) is 0 Å². The van der Waals surface area contributed by atoms with E-state index in [1.165, 1.54) is 30.3 Å². The summed E-state index contributed by atoms with van der Waals surface area (Å²) in [5.41, 5.74) is 0.0448. The molecule has 2 aromatic rings. The molecule has 0 aromatic heterocycles. The van der Waals surface area contributed by atoms with E-state index in [2.05, 4.69) is 0 Å². The Morgan fingerprint density at radius 3 is 2.33 bits per heavy atom. The van der Waals surface area contributed by atoms with E-state index in [1.807, 2.05) is 6.92 Å². The number of hydrogen-bond donors (Lipinski definition) is 0. The fourth-order valence-electron chi connectivity index (χ4n) is 2.28. The van der Waals surface area contributed by atoms with Gasteiger partial charge in [0.2, 0.25) is 0 Å². The first-order valence-corrected chi connectivity index (χ1v) is 9.97. The molecule has 0 atom stereocenters. The third kappa shape index (κ3) is 5.11. The third-order valence-electron chi connectivity index (χ3n) is 3.49. The van der Waals surface area contributed by atoms with E-state index < -0.39 is 28.4 Å². The second-order valence-electron chi connectivity index (χ2n) is 5.32. The van der Waals surface area contributed by atoms with Gasteiger partial charge < -0.3 is 9.47 Å². The first-order valence-electron chi connectivity index (χ1n) is 8.15. The first-order chi connectivity index (χ1) is 12.8. The lowest BCUT2D eigenvalue weighted by atomic mass is 10.3. The van der Waals surface area contributed by atoms with Crippen LogP contribution in [0.2, 0.25) is 5.02 Å². The minimum atomic E-state index is -4.13. The van der Waals surface area contributed by atoms with Gasteiger partial charge in [-0.25, -0.2) is 12.8 Å². The summed E-state index contributed by atoms with van der Waals surface area (Å²) < 4.78 is 50.6. The average Bonchev–Trinajstić information content (AvgIpc) is 2.63. The molecule has 9 heteroatoms. The van der Waals surface area contributed by atoms with Crippen LogP contribution in [0.5, 0.6) is 5.75 Å². The van der Waals surface area contributed by atoms with E-state index in [0.29, 0.717) is 12.4 Å². The number of sulfonamides is 1. The average molecular weight is 416 g/mol. The van der Waals surface area contributed by atoms with Crippen molar-refractivity contribution in [2.45, 2.75) is 18.7 Å². The van der Waals surface area contributed by atoms with Crippen molar-refractivity contribution in [3.8, 4) is 5.75 Å². The molecular formula is C18H19ClFNO5S. The Hall–Kier alpha value is -2.32. The Labute approximate surface area is 162 Å². The van der Waals surface area contributed by atoms with E-state index in [4.69, 9.17) is 21.1 Å². The second kappa shape index (κ2) is 9.05. The normalized spacial score (nSPS) is 11.1. The van der Waals surface area contributed by atoms with Crippen molar-refractivity contribution >= 4 is 33.3 Å². The van der Waals surface area contributed by atoms with Crippen molar-refractivity contribution in [3.63, 3.8) is 0 Å². The lowest BCUT2D eigenvalue weighted by molar-refractivity contribution is -0.141. The zero-order chi connectivity index (χ0) is 20.0. The van der Waals surface area contributed by atoms with Gasteiger partial charge in [-0.2, -0.15) is 0 Å². The lowest BCUT2D eigenvalue weighted by Gasteiger charge is -2.24. The highest BCUT2D eigenvalue weighted by molar-refractivity contribution is 7.92. The number of halogens is 2. The van der Waals surface area contributed by atoms with Crippen molar-refractivity contribution < 1.29 is 27.1 Å². The molecule has 0 radical (unpaired) electrons. The van der Waals surface area contributed by atoms with Crippen LogP contribution < -0.4 is 9.04 Å². The quantitative estimate of drug-likeness (QED) is 0.615. The number of nitrogens with zero attached hydrogens (tertiary/aromatic N) is 1. The highest BCUT2D eigenvalue weighted by Crippen LogP contribution is 2.28. The van der Waals surface area contributed by atoms with E-state index in [9.17, 15) is 17.6 Å². The molecule has 0 heterocycles. The zero-order valence-corrected chi connectivity index (χ0v) is 16.4. The van der Waals surface area contributed by atoms with Gasteiger partial charge in [0, 0.05) is 0 Å². The number of benzene rings is 2. The Balaban J connectivity index is 2.46. The molecule has 0 fully saturated rings. The van der Waals surface area contributed by atoms with Crippen molar-refractivity contribution in [3.05, 3.63) is 53.3 Å². The fourth-order valence-corrected chi connectivity index (χ4v) is 3.86. The van der Waals surface area contributed by atoms with E-state index in [-0.39, 0.29) is 22.2 Å². The van der Waals surface area contributed by atoms with Crippen LogP contribution in [-0.4, -0.2) is 34.1 Å². The maximum absolute atomic E-state index is 13.5. The summed E-state index contributed by atoms with van der Waals surface area (Å²) in [6, 6.07) is 9.15. The van der Waals surface area contributed by atoms with Crippen LogP contribution in [0, 0.1) is 5.82 Å². The third-order valence-corrected chi connectivity index (χ3v) is 5.57. The molecule has 0 amide bonds. The van der Waals surface area contributed by atoms with E-state index in [1.54, 1.807) is 6.92 Å². The summed E-state index contributed by atoms with van der Waals surface area (Å²) in [5, 5.41) is -0.261. The minimum absolute atomic E-state index is 0.0448. The van der Waals surface area contributed by atoms with Gasteiger partial charge in [0.15, 0.2) is 0 Å². The van der Waals surface area contributed by atoms with Crippen molar-refractivity contribution in [2.24, 2.45) is 0 Å². The Kier molecular flexibility index (Phi) is 7.04. The lowest BCUT2D eigenvalue weighted by Crippen LogP contribution is -2.36. The number of carbonyl (C=O) groups is 1. The van der Waals surface area contributed by atoms with Gasteiger partial charge in [0.05, 0.1) is 28.8 Å². The van der Waals surface area contributed by atoms with E-state index >= 15 is 0 Å². The molecule has 6 nitrogen and oxygen atoms in total. The summed E-state index contributed by atoms with van der Waals surface area (Å²) in [6.45, 7) is 3.38. The van der Waals surface area contributed by atoms with Crippen LogP contribution in [0.1, 0.15) is 13.8 Å². The van der Waals surface area contributed by atoms with Gasteiger partial charge in [-0.1, -0.05) is 11.6 Å². The van der Waals surface area contributed by atoms with Crippen molar-refractivity contribution in [1.82, 2.24) is 0 Å². The molecule has 2 rings (SSSR count). The predicted octanol–water partition coefficient (Wildman–Crippen LogP) is 3.64. The van der Waals surface area contributed by atoms with Crippen LogP contribution in [0.3, 0.4) is 0 Å². The zero-order valence-electron chi connectivity index (χ0n) is 14.8. The molecule has 0 saturated carbocycles. The molecule has 0 N–H and O–H groups in total. The number of hydrogen-bond acceptors (Lipinski definition) is 5. The number of esters is 1. The summed E-state index contributed by atoms with van der Waals surface area (Å²) in [4.78, 5) is 11.9. The molecule has 0 spiro atoms. The van der Waals surface area contributed by atoms with Gasteiger partial charge in [-0.3, -0.25) is 9.10 Å². The number of ether oxygens (including phenoxy) is 2. The monoisotopic (exact) mass is 415 g/mol. The van der Waals surface area contributed by atoms with E-state index in [0.717, 1.165) is 16.4 Å². The maximum Gasteiger partial charge on any atom is 0.326 e. The van der Waals surface area contributed by atoms with Gasteiger partial charge in [-0.05, 0) is 56.3 Å². The molecule has 2 aromatic carbocycles. The number of carbonyl (C=O) groups excluding carboxylic acids is 1. The SMILES string of the molecule is CCOC(=O)CN(c1ccc(F)c(Cl)c1)S(=O)(=O)c1ccc(OCC)cc1. The molecule has 0 bridgehead atoms. The predicted molar refractivity (Wildman–Crippen MR) is 100 cm³/mol. The van der Waals surface area contributed by atoms with Gasteiger partial charge >= 0.3 is 5.97 Å². The topological polar surface area (TPSA) is 72.9 Å². The molecule has 0 aliphatic carbocycles. The fraction of sp³-hybridized carbons (Fsp3) is 0.278. The molecule has 0 aliphatic heterocycles. The molecule has 0 unspecified atom stereocenters. The van der Waals surface area contributed by atoms with Crippen LogP contribution in [0.25, 0.3) is 0 Å². The van der Waals surface area contributed by atoms with Crippen LogP contribution in [0.15, 0.2) is 47.4 Å². The summed E-state index contributed by atoms with van der Waals surface area (Å²) in [6.07, 6.45) is 0. The second-order valence-corrected chi connectivity index (χ2v) is 7.59. The highest BCUT2D eigenvalue weighted by Gasteiger charge is 2.28. The highest BCUT2D eigenvalue weighted by atomic mass is 35.5. The largest absolute Gasteiger partial charge is 0.494 e. The Morgan fingerprint density at radius 1 is 1.11 bits per heavy atom. The van der Waals surface area contributed by atoms with Gasteiger partial charge in [0.25, 0.3) is 10.0 Å². The molecule has 0 aliphatic rings. The van der Waals surface area contributed by atoms with Crippen molar-refractivity contribution in [2.75, 3.05) is 24.1 Å². The minimum Gasteiger partial charge on any atom is -0.494 e. The van der Waals surface area contributed by atoms with Crippen LogP contribution in [-0.2, 0) is 19.6 Å².